The second kappa shape index (κ2) is 8.35. The van der Waals surface area contributed by atoms with E-state index in [9.17, 15) is 9.18 Å². The largest absolute Gasteiger partial charge is 0.367 e. The number of benzene rings is 2. The molecule has 5 nitrogen and oxygen atoms in total. The van der Waals surface area contributed by atoms with Crippen molar-refractivity contribution in [1.29, 1.82) is 0 Å². The molecule has 0 radical (unpaired) electrons. The maximum atomic E-state index is 13.9. The van der Waals surface area contributed by atoms with Gasteiger partial charge in [0, 0.05) is 37.9 Å². The van der Waals surface area contributed by atoms with Crippen LogP contribution >= 0.6 is 0 Å². The molecule has 4 rings (SSSR count). The van der Waals surface area contributed by atoms with Crippen molar-refractivity contribution in [2.75, 3.05) is 37.6 Å². The topological polar surface area (TPSA) is 41.4 Å². The Bertz CT molecular complexity index is 932. The summed E-state index contributed by atoms with van der Waals surface area (Å²) in [5, 5.41) is 0. The Labute approximate surface area is 164 Å². The highest BCUT2D eigenvalue weighted by atomic mass is 19.1. The number of ketones is 1. The Morgan fingerprint density at radius 2 is 1.64 bits per heavy atom. The summed E-state index contributed by atoms with van der Waals surface area (Å²) in [6.45, 7) is 3.66. The van der Waals surface area contributed by atoms with E-state index in [1.54, 1.807) is 18.5 Å². The Kier molecular flexibility index (Phi) is 5.48. The number of carbonyl (C=O) groups excluding carboxylic acids is 1. The third kappa shape index (κ3) is 4.28. The maximum absolute atomic E-state index is 13.9. The summed E-state index contributed by atoms with van der Waals surface area (Å²) >= 11 is 0. The lowest BCUT2D eigenvalue weighted by Crippen LogP contribution is -2.48. The highest BCUT2D eigenvalue weighted by Gasteiger charge is 2.21. The number of para-hydroxylation sites is 1. The van der Waals surface area contributed by atoms with E-state index in [2.05, 4.69) is 9.88 Å². The molecule has 0 saturated carbocycles. The Balaban J connectivity index is 1.28. The quantitative estimate of drug-likeness (QED) is 0.661. The van der Waals surface area contributed by atoms with Gasteiger partial charge in [-0.25, -0.2) is 9.37 Å². The van der Waals surface area contributed by atoms with Crippen LogP contribution < -0.4 is 4.90 Å². The minimum absolute atomic E-state index is 0.149. The molecule has 1 aliphatic rings. The zero-order chi connectivity index (χ0) is 19.3. The summed E-state index contributed by atoms with van der Waals surface area (Å²) in [4.78, 5) is 21.0. The molecule has 0 amide bonds. The zero-order valence-corrected chi connectivity index (χ0v) is 15.7. The number of rotatable bonds is 6. The lowest BCUT2D eigenvalue weighted by molar-refractivity contribution is -0.120. The maximum Gasteiger partial charge on any atom is 0.166 e. The Hall–Kier alpha value is -2.99. The number of aromatic nitrogens is 2. The van der Waals surface area contributed by atoms with Crippen LogP contribution in [-0.4, -0.2) is 53.0 Å². The smallest absolute Gasteiger partial charge is 0.166 e. The van der Waals surface area contributed by atoms with Gasteiger partial charge < -0.3 is 9.47 Å². The fraction of sp³-hybridized carbons (Fsp3) is 0.273. The number of halogens is 1. The Morgan fingerprint density at radius 3 is 2.39 bits per heavy atom. The molecular weight excluding hydrogens is 355 g/mol. The molecule has 1 aliphatic heterocycles. The number of carbonyl (C=O) groups is 1. The molecule has 1 aromatic heterocycles. The standard InChI is InChI=1S/C22H23FN4O/c23-20-8-4-5-9-22(20)27-12-10-25(11-13-27)14-19(28)15-26-16-21(24-17-26)18-6-2-1-3-7-18/h1-9,16-17H,10-15H2. The molecule has 0 atom stereocenters. The number of imidazole rings is 1. The molecular formula is C22H23FN4O. The van der Waals surface area contributed by atoms with Crippen LogP contribution in [0.15, 0.2) is 67.1 Å². The van der Waals surface area contributed by atoms with Crippen molar-refractivity contribution in [2.24, 2.45) is 0 Å². The summed E-state index contributed by atoms with van der Waals surface area (Å²) in [6, 6.07) is 16.8. The molecule has 1 saturated heterocycles. The zero-order valence-electron chi connectivity index (χ0n) is 15.7. The summed E-state index contributed by atoms with van der Waals surface area (Å²) in [6.07, 6.45) is 3.61. The molecule has 28 heavy (non-hydrogen) atoms. The van der Waals surface area contributed by atoms with Crippen molar-refractivity contribution < 1.29 is 9.18 Å². The van der Waals surface area contributed by atoms with E-state index in [0.717, 1.165) is 37.4 Å². The van der Waals surface area contributed by atoms with Gasteiger partial charge in [0.25, 0.3) is 0 Å². The lowest BCUT2D eigenvalue weighted by atomic mass is 10.2. The van der Waals surface area contributed by atoms with Gasteiger partial charge >= 0.3 is 0 Å². The van der Waals surface area contributed by atoms with Crippen LogP contribution in [0.2, 0.25) is 0 Å². The summed E-state index contributed by atoms with van der Waals surface area (Å²) < 4.78 is 15.8. The third-order valence-electron chi connectivity index (χ3n) is 5.03. The molecule has 1 fully saturated rings. The number of anilines is 1. The molecule has 0 N–H and O–H groups in total. The average molecular weight is 378 g/mol. The molecule has 0 bridgehead atoms. The molecule has 0 spiro atoms. The molecule has 2 heterocycles. The number of hydrogen-bond acceptors (Lipinski definition) is 4. The normalized spacial score (nSPS) is 15.0. The van der Waals surface area contributed by atoms with E-state index < -0.39 is 0 Å². The van der Waals surface area contributed by atoms with Gasteiger partial charge in [0.2, 0.25) is 0 Å². The van der Waals surface area contributed by atoms with E-state index >= 15 is 0 Å². The van der Waals surface area contributed by atoms with Crippen molar-refractivity contribution in [3.8, 4) is 11.3 Å². The van der Waals surface area contributed by atoms with E-state index in [1.165, 1.54) is 6.07 Å². The highest BCUT2D eigenvalue weighted by molar-refractivity contribution is 5.80. The van der Waals surface area contributed by atoms with Gasteiger partial charge in [-0.15, -0.1) is 0 Å². The van der Waals surface area contributed by atoms with E-state index in [0.29, 0.717) is 18.8 Å². The van der Waals surface area contributed by atoms with Crippen LogP contribution in [0.3, 0.4) is 0 Å². The fourth-order valence-corrected chi connectivity index (χ4v) is 3.56. The second-order valence-corrected chi connectivity index (χ2v) is 7.05. The van der Waals surface area contributed by atoms with Crippen molar-refractivity contribution in [3.05, 3.63) is 72.9 Å². The van der Waals surface area contributed by atoms with Gasteiger partial charge in [-0.3, -0.25) is 9.69 Å². The molecule has 0 unspecified atom stereocenters. The first-order valence-electron chi connectivity index (χ1n) is 9.50. The predicted molar refractivity (Wildman–Crippen MR) is 108 cm³/mol. The van der Waals surface area contributed by atoms with E-state index in [-0.39, 0.29) is 11.6 Å². The van der Waals surface area contributed by atoms with E-state index in [1.807, 2.05) is 52.1 Å². The van der Waals surface area contributed by atoms with Crippen LogP contribution in [0.5, 0.6) is 0 Å². The van der Waals surface area contributed by atoms with Crippen LogP contribution in [0.4, 0.5) is 10.1 Å². The third-order valence-corrected chi connectivity index (χ3v) is 5.03. The lowest BCUT2D eigenvalue weighted by Gasteiger charge is -2.35. The first kappa shape index (κ1) is 18.4. The minimum Gasteiger partial charge on any atom is -0.367 e. The SMILES string of the molecule is O=C(CN1CCN(c2ccccc2F)CC1)Cn1cnc(-c2ccccc2)c1. The van der Waals surface area contributed by atoms with E-state index in [4.69, 9.17) is 0 Å². The first-order valence-corrected chi connectivity index (χ1v) is 9.50. The van der Waals surface area contributed by atoms with Crippen LogP contribution in [0.1, 0.15) is 0 Å². The van der Waals surface area contributed by atoms with Crippen molar-refractivity contribution in [2.45, 2.75) is 6.54 Å². The van der Waals surface area contributed by atoms with Crippen LogP contribution in [0, 0.1) is 5.82 Å². The fourth-order valence-electron chi connectivity index (χ4n) is 3.56. The van der Waals surface area contributed by atoms with Crippen molar-refractivity contribution >= 4 is 11.5 Å². The second-order valence-electron chi connectivity index (χ2n) is 7.05. The minimum atomic E-state index is -0.193. The molecule has 2 aromatic carbocycles. The molecule has 0 aliphatic carbocycles. The first-order chi connectivity index (χ1) is 13.7. The van der Waals surface area contributed by atoms with Gasteiger partial charge in [-0.1, -0.05) is 42.5 Å². The average Bonchev–Trinajstić information content (AvgIpc) is 3.18. The monoisotopic (exact) mass is 378 g/mol. The van der Waals surface area contributed by atoms with Crippen LogP contribution in [-0.2, 0) is 11.3 Å². The van der Waals surface area contributed by atoms with Crippen molar-refractivity contribution in [1.82, 2.24) is 14.5 Å². The predicted octanol–water partition coefficient (Wildman–Crippen LogP) is 3.08. The van der Waals surface area contributed by atoms with Gasteiger partial charge in [0.1, 0.15) is 5.82 Å². The summed E-state index contributed by atoms with van der Waals surface area (Å²) in [5.41, 5.74) is 2.55. The highest BCUT2D eigenvalue weighted by Crippen LogP contribution is 2.20. The molecule has 144 valence electrons. The van der Waals surface area contributed by atoms with Crippen LogP contribution in [0.25, 0.3) is 11.3 Å². The number of nitrogens with zero attached hydrogens (tertiary/aromatic N) is 4. The van der Waals surface area contributed by atoms with Gasteiger partial charge in [0.15, 0.2) is 5.78 Å². The van der Waals surface area contributed by atoms with Gasteiger partial charge in [0.05, 0.1) is 30.8 Å². The van der Waals surface area contributed by atoms with Crippen molar-refractivity contribution in [3.63, 3.8) is 0 Å². The summed E-state index contributed by atoms with van der Waals surface area (Å²) in [5.74, 6) is -0.0438. The molecule has 3 aromatic rings. The number of piperazine rings is 1. The number of hydrogen-bond donors (Lipinski definition) is 0. The van der Waals surface area contributed by atoms with Gasteiger partial charge in [-0.2, -0.15) is 0 Å². The molecule has 6 heteroatoms. The Morgan fingerprint density at radius 1 is 0.929 bits per heavy atom. The number of Topliss-reactive ketones (excluding diaryl/α,β-unsaturated/α-hetero) is 1. The summed E-state index contributed by atoms with van der Waals surface area (Å²) in [7, 11) is 0. The van der Waals surface area contributed by atoms with Gasteiger partial charge in [-0.05, 0) is 12.1 Å².